The van der Waals surface area contributed by atoms with Gasteiger partial charge in [0.15, 0.2) is 0 Å². The summed E-state index contributed by atoms with van der Waals surface area (Å²) in [4.78, 5) is 11.6. The first-order valence-corrected chi connectivity index (χ1v) is 6.14. The molecule has 0 bridgehead atoms. The third-order valence-electron chi connectivity index (χ3n) is 3.52. The Morgan fingerprint density at radius 3 is 2.53 bits per heavy atom. The van der Waals surface area contributed by atoms with E-state index in [0.29, 0.717) is 6.54 Å². The number of rotatable bonds is 4. The van der Waals surface area contributed by atoms with Crippen molar-refractivity contribution in [2.75, 3.05) is 6.54 Å². The van der Waals surface area contributed by atoms with Crippen LogP contribution in [0.5, 0.6) is 0 Å². The fraction of sp³-hybridized carbons (Fsp3) is 0.917. The van der Waals surface area contributed by atoms with E-state index in [1.54, 1.807) is 0 Å². The Balaban J connectivity index is 2.31. The molecule has 1 amide bonds. The zero-order chi connectivity index (χ0) is 11.3. The molecule has 0 aliphatic heterocycles. The number of carbonyl (C=O) groups is 1. The van der Waals surface area contributed by atoms with Gasteiger partial charge in [-0.3, -0.25) is 4.79 Å². The highest BCUT2D eigenvalue weighted by atomic mass is 16.1. The average molecular weight is 212 g/mol. The largest absolute Gasteiger partial charge is 0.354 e. The monoisotopic (exact) mass is 212 g/mol. The second kappa shape index (κ2) is 5.50. The van der Waals surface area contributed by atoms with E-state index < -0.39 is 0 Å². The lowest BCUT2D eigenvalue weighted by atomic mass is 9.82. The maximum Gasteiger partial charge on any atom is 0.222 e. The quantitative estimate of drug-likeness (QED) is 0.746. The summed E-state index contributed by atoms with van der Waals surface area (Å²) in [5, 5.41) is 2.98. The van der Waals surface area contributed by atoms with E-state index in [1.165, 1.54) is 19.3 Å². The summed E-state index contributed by atoms with van der Waals surface area (Å²) >= 11 is 0. The van der Waals surface area contributed by atoms with Crippen molar-refractivity contribution < 1.29 is 4.79 Å². The van der Waals surface area contributed by atoms with E-state index in [4.69, 9.17) is 5.73 Å². The summed E-state index contributed by atoms with van der Waals surface area (Å²) in [7, 11) is 0. The molecule has 0 heterocycles. The van der Waals surface area contributed by atoms with Gasteiger partial charge in [0.05, 0.1) is 0 Å². The molecule has 0 aromatic heterocycles. The molecule has 1 saturated carbocycles. The number of hydrogen-bond acceptors (Lipinski definition) is 2. The van der Waals surface area contributed by atoms with Gasteiger partial charge in [-0.2, -0.15) is 0 Å². The van der Waals surface area contributed by atoms with E-state index in [2.05, 4.69) is 5.32 Å². The number of nitrogens with one attached hydrogen (secondary N) is 1. The van der Waals surface area contributed by atoms with Gasteiger partial charge in [0.1, 0.15) is 0 Å². The molecular weight excluding hydrogens is 188 g/mol. The molecule has 0 aromatic carbocycles. The Kier molecular flexibility index (Phi) is 4.58. The molecule has 1 unspecified atom stereocenters. The van der Waals surface area contributed by atoms with Gasteiger partial charge in [0.2, 0.25) is 5.91 Å². The molecule has 0 saturated heterocycles. The molecule has 88 valence electrons. The van der Waals surface area contributed by atoms with Crippen LogP contribution in [0.3, 0.4) is 0 Å². The zero-order valence-electron chi connectivity index (χ0n) is 10.0. The first kappa shape index (κ1) is 12.5. The van der Waals surface area contributed by atoms with Crippen LogP contribution in [-0.4, -0.2) is 18.0 Å². The molecule has 1 fully saturated rings. The molecule has 1 aliphatic rings. The van der Waals surface area contributed by atoms with Gasteiger partial charge < -0.3 is 11.1 Å². The second-order valence-corrected chi connectivity index (χ2v) is 4.95. The van der Waals surface area contributed by atoms with Crippen molar-refractivity contribution >= 4 is 5.91 Å². The minimum atomic E-state index is -0.138. The summed E-state index contributed by atoms with van der Waals surface area (Å²) in [6.45, 7) is 4.64. The average Bonchev–Trinajstić information content (AvgIpc) is 2.26. The van der Waals surface area contributed by atoms with E-state index >= 15 is 0 Å². The second-order valence-electron chi connectivity index (χ2n) is 4.95. The fourth-order valence-corrected chi connectivity index (χ4v) is 2.06. The fourth-order valence-electron chi connectivity index (χ4n) is 2.06. The minimum absolute atomic E-state index is 0.109. The molecule has 3 N–H and O–H groups in total. The standard InChI is InChI=1S/C12H24N2O/c1-3-10(2)11(15)14-9-12(13)7-5-4-6-8-12/h10H,3-9,13H2,1-2H3,(H,14,15). The van der Waals surface area contributed by atoms with E-state index in [0.717, 1.165) is 19.3 Å². The number of hydrogen-bond donors (Lipinski definition) is 2. The van der Waals surface area contributed by atoms with Gasteiger partial charge in [0.25, 0.3) is 0 Å². The maximum atomic E-state index is 11.6. The van der Waals surface area contributed by atoms with Crippen molar-refractivity contribution in [3.8, 4) is 0 Å². The van der Waals surface area contributed by atoms with Gasteiger partial charge in [-0.25, -0.2) is 0 Å². The van der Waals surface area contributed by atoms with Crippen LogP contribution < -0.4 is 11.1 Å². The summed E-state index contributed by atoms with van der Waals surface area (Å²) in [5.41, 5.74) is 6.10. The lowest BCUT2D eigenvalue weighted by Gasteiger charge is -2.33. The summed E-state index contributed by atoms with van der Waals surface area (Å²) in [6, 6.07) is 0. The van der Waals surface area contributed by atoms with Crippen molar-refractivity contribution in [3.63, 3.8) is 0 Å². The van der Waals surface area contributed by atoms with Crippen molar-refractivity contribution in [3.05, 3.63) is 0 Å². The molecule has 1 atom stereocenters. The van der Waals surface area contributed by atoms with Gasteiger partial charge in [-0.1, -0.05) is 33.1 Å². The smallest absolute Gasteiger partial charge is 0.222 e. The predicted molar refractivity (Wildman–Crippen MR) is 62.5 cm³/mol. The van der Waals surface area contributed by atoms with Crippen molar-refractivity contribution in [2.24, 2.45) is 11.7 Å². The molecule has 0 aromatic rings. The number of carbonyl (C=O) groups excluding carboxylic acids is 1. The predicted octanol–water partition coefficient (Wildman–Crippen LogP) is 1.81. The van der Waals surface area contributed by atoms with Crippen molar-refractivity contribution in [1.29, 1.82) is 0 Å². The van der Waals surface area contributed by atoms with E-state index in [1.807, 2.05) is 13.8 Å². The summed E-state index contributed by atoms with van der Waals surface area (Å²) < 4.78 is 0. The van der Waals surface area contributed by atoms with Crippen LogP contribution in [0.4, 0.5) is 0 Å². The third-order valence-corrected chi connectivity index (χ3v) is 3.52. The van der Waals surface area contributed by atoms with E-state index in [9.17, 15) is 4.79 Å². The van der Waals surface area contributed by atoms with Gasteiger partial charge in [-0.15, -0.1) is 0 Å². The molecule has 1 aliphatic carbocycles. The highest BCUT2D eigenvalue weighted by Gasteiger charge is 2.28. The van der Waals surface area contributed by atoms with Crippen LogP contribution in [0.2, 0.25) is 0 Å². The van der Waals surface area contributed by atoms with Crippen LogP contribution in [0.1, 0.15) is 52.4 Å². The molecule has 1 rings (SSSR count). The molecule has 0 radical (unpaired) electrons. The SMILES string of the molecule is CCC(C)C(=O)NCC1(N)CCCCC1. The van der Waals surface area contributed by atoms with Crippen molar-refractivity contribution in [1.82, 2.24) is 5.32 Å². The zero-order valence-corrected chi connectivity index (χ0v) is 10.0. The first-order valence-electron chi connectivity index (χ1n) is 6.14. The summed E-state index contributed by atoms with van der Waals surface area (Å²) in [5.74, 6) is 0.255. The van der Waals surface area contributed by atoms with Crippen LogP contribution in [-0.2, 0) is 4.79 Å². The first-order chi connectivity index (χ1) is 7.07. The van der Waals surface area contributed by atoms with Crippen molar-refractivity contribution in [2.45, 2.75) is 57.9 Å². The highest BCUT2D eigenvalue weighted by Crippen LogP contribution is 2.25. The van der Waals surface area contributed by atoms with Crippen LogP contribution in [0.25, 0.3) is 0 Å². The van der Waals surface area contributed by atoms with Gasteiger partial charge in [-0.05, 0) is 19.3 Å². The Labute approximate surface area is 92.8 Å². The Morgan fingerprint density at radius 2 is 2.00 bits per heavy atom. The van der Waals surface area contributed by atoms with Gasteiger partial charge in [0, 0.05) is 18.0 Å². The maximum absolute atomic E-state index is 11.6. The van der Waals surface area contributed by atoms with Crippen LogP contribution in [0, 0.1) is 5.92 Å². The molecular formula is C12H24N2O. The normalized spacial score (nSPS) is 22.1. The Bertz CT molecular complexity index is 210. The van der Waals surface area contributed by atoms with E-state index in [-0.39, 0.29) is 17.4 Å². The third kappa shape index (κ3) is 3.82. The highest BCUT2D eigenvalue weighted by molar-refractivity contribution is 5.78. The van der Waals surface area contributed by atoms with Gasteiger partial charge >= 0.3 is 0 Å². The Hall–Kier alpha value is -0.570. The summed E-state index contributed by atoms with van der Waals surface area (Å²) in [6.07, 6.45) is 6.69. The molecule has 0 spiro atoms. The molecule has 3 heteroatoms. The molecule has 3 nitrogen and oxygen atoms in total. The lowest BCUT2D eigenvalue weighted by Crippen LogP contribution is -2.52. The minimum Gasteiger partial charge on any atom is -0.354 e. The number of nitrogens with two attached hydrogens (primary N) is 1. The topological polar surface area (TPSA) is 55.1 Å². The van der Waals surface area contributed by atoms with Crippen LogP contribution in [0.15, 0.2) is 0 Å². The Morgan fingerprint density at radius 1 is 1.40 bits per heavy atom. The lowest BCUT2D eigenvalue weighted by molar-refractivity contribution is -0.124. The van der Waals surface area contributed by atoms with Crippen LogP contribution >= 0.6 is 0 Å². The number of amides is 1. The molecule has 15 heavy (non-hydrogen) atoms.